The second-order valence-corrected chi connectivity index (χ2v) is 6.86. The molecule has 0 bridgehead atoms. The van der Waals surface area contributed by atoms with Crippen LogP contribution in [0.25, 0.3) is 11.2 Å². The fraction of sp³-hybridized carbons (Fsp3) is 0.217. The van der Waals surface area contributed by atoms with Crippen molar-refractivity contribution in [1.82, 2.24) is 19.5 Å². The van der Waals surface area contributed by atoms with Crippen molar-refractivity contribution in [1.29, 1.82) is 0 Å². The van der Waals surface area contributed by atoms with Gasteiger partial charge in [-0.25, -0.2) is 19.7 Å². The summed E-state index contributed by atoms with van der Waals surface area (Å²) in [6.45, 7) is 1.48. The molecule has 4 rings (SSSR count). The number of imidazole rings is 1. The van der Waals surface area contributed by atoms with Crippen LogP contribution in [-0.4, -0.2) is 45.3 Å². The molecule has 9 heteroatoms. The first-order chi connectivity index (χ1) is 15.7. The molecule has 0 amide bonds. The third-order valence-corrected chi connectivity index (χ3v) is 4.67. The summed E-state index contributed by atoms with van der Waals surface area (Å²) in [7, 11) is 0. The van der Waals surface area contributed by atoms with Gasteiger partial charge in [0.15, 0.2) is 11.5 Å². The molecular weight excluding hydrogens is 410 g/mol. The summed E-state index contributed by atoms with van der Waals surface area (Å²) in [5, 5.41) is 0. The summed E-state index contributed by atoms with van der Waals surface area (Å²) in [6, 6.07) is 16.5. The highest BCUT2D eigenvalue weighted by Crippen LogP contribution is 2.20. The number of esters is 1. The van der Waals surface area contributed by atoms with Crippen LogP contribution in [0.4, 0.5) is 5.82 Å². The molecule has 2 aromatic heterocycles. The van der Waals surface area contributed by atoms with Crippen molar-refractivity contribution in [2.75, 3.05) is 25.6 Å². The summed E-state index contributed by atoms with van der Waals surface area (Å²) < 4.78 is 18.6. The van der Waals surface area contributed by atoms with Gasteiger partial charge in [0.05, 0.1) is 12.9 Å². The van der Waals surface area contributed by atoms with Gasteiger partial charge >= 0.3 is 5.97 Å². The Morgan fingerprint density at radius 3 is 2.56 bits per heavy atom. The number of fused-ring (bicyclic) bond motifs is 1. The number of carbonyl (C=O) groups is 1. The molecule has 32 heavy (non-hydrogen) atoms. The predicted octanol–water partition coefficient (Wildman–Crippen LogP) is 3.11. The van der Waals surface area contributed by atoms with E-state index in [0.717, 1.165) is 5.75 Å². The van der Waals surface area contributed by atoms with Crippen LogP contribution in [0.1, 0.15) is 16.8 Å². The smallest absolute Gasteiger partial charge is 0.341 e. The quantitative estimate of drug-likeness (QED) is 0.300. The fourth-order valence-electron chi connectivity index (χ4n) is 3.13. The van der Waals surface area contributed by atoms with Crippen LogP contribution in [0, 0.1) is 0 Å². The number of hydrogen-bond donors (Lipinski definition) is 1. The standard InChI is InChI=1S/C23H23N5O4/c24-21-20-22(26-15-25-21)28(16-27-20)11-6-12-32-23(29)18-9-4-5-10-19(18)31-14-13-30-17-7-2-1-3-8-17/h1-5,7-10,15-16H,6,11-14H2,(H2,24,25,26). The molecule has 0 radical (unpaired) electrons. The number of aromatic nitrogens is 4. The van der Waals surface area contributed by atoms with Crippen LogP contribution in [0.3, 0.4) is 0 Å². The third kappa shape index (κ3) is 5.12. The number of anilines is 1. The topological polar surface area (TPSA) is 114 Å². The minimum absolute atomic E-state index is 0.241. The van der Waals surface area contributed by atoms with Crippen LogP contribution in [0.5, 0.6) is 11.5 Å². The average molecular weight is 433 g/mol. The van der Waals surface area contributed by atoms with Gasteiger partial charge in [0, 0.05) is 6.54 Å². The number of aryl methyl sites for hydroxylation is 1. The van der Waals surface area contributed by atoms with Crippen molar-refractivity contribution in [2.24, 2.45) is 0 Å². The second-order valence-electron chi connectivity index (χ2n) is 6.86. The minimum atomic E-state index is -0.438. The predicted molar refractivity (Wildman–Crippen MR) is 119 cm³/mol. The fourth-order valence-corrected chi connectivity index (χ4v) is 3.13. The maximum absolute atomic E-state index is 12.5. The highest BCUT2D eigenvalue weighted by atomic mass is 16.5. The first kappa shape index (κ1) is 21.1. The highest BCUT2D eigenvalue weighted by Gasteiger charge is 2.14. The normalized spacial score (nSPS) is 10.8. The van der Waals surface area contributed by atoms with Gasteiger partial charge in [-0.2, -0.15) is 0 Å². The molecule has 0 atom stereocenters. The Kier molecular flexibility index (Phi) is 6.76. The molecule has 2 aromatic carbocycles. The summed E-state index contributed by atoms with van der Waals surface area (Å²) in [6.07, 6.45) is 3.64. The van der Waals surface area contributed by atoms with E-state index in [9.17, 15) is 4.79 Å². The Balaban J connectivity index is 1.25. The SMILES string of the molecule is Nc1ncnc2c1ncn2CCCOC(=O)c1ccccc1OCCOc1ccccc1. The number of nitrogen functional groups attached to an aromatic ring is 1. The lowest BCUT2D eigenvalue weighted by Gasteiger charge is -2.12. The number of nitrogens with two attached hydrogens (primary N) is 1. The maximum Gasteiger partial charge on any atom is 0.341 e. The number of ether oxygens (including phenoxy) is 3. The number of para-hydroxylation sites is 2. The Bertz CT molecular complexity index is 1180. The number of carbonyl (C=O) groups excluding carboxylic acids is 1. The van der Waals surface area contributed by atoms with E-state index in [1.54, 1.807) is 24.5 Å². The lowest BCUT2D eigenvalue weighted by Crippen LogP contribution is -2.13. The zero-order valence-corrected chi connectivity index (χ0v) is 17.4. The minimum Gasteiger partial charge on any atom is -0.490 e. The van der Waals surface area contributed by atoms with Gasteiger partial charge in [0.1, 0.15) is 42.1 Å². The Labute approximate surface area is 184 Å². The molecule has 9 nitrogen and oxygen atoms in total. The monoisotopic (exact) mass is 433 g/mol. The van der Waals surface area contributed by atoms with Gasteiger partial charge in [0.2, 0.25) is 0 Å². The zero-order valence-electron chi connectivity index (χ0n) is 17.4. The lowest BCUT2D eigenvalue weighted by molar-refractivity contribution is 0.0491. The number of nitrogens with zero attached hydrogens (tertiary/aromatic N) is 4. The van der Waals surface area contributed by atoms with E-state index < -0.39 is 5.97 Å². The molecule has 0 fully saturated rings. The molecular formula is C23H23N5O4. The van der Waals surface area contributed by atoms with Gasteiger partial charge in [-0.15, -0.1) is 0 Å². The van der Waals surface area contributed by atoms with Crippen LogP contribution >= 0.6 is 0 Å². The molecule has 0 saturated carbocycles. The van der Waals surface area contributed by atoms with Crippen molar-refractivity contribution in [3.05, 3.63) is 72.8 Å². The Morgan fingerprint density at radius 2 is 1.69 bits per heavy atom. The van der Waals surface area contributed by atoms with Gasteiger partial charge in [-0.1, -0.05) is 30.3 Å². The third-order valence-electron chi connectivity index (χ3n) is 4.67. The van der Waals surface area contributed by atoms with Crippen LogP contribution in [0.15, 0.2) is 67.3 Å². The van der Waals surface area contributed by atoms with E-state index in [4.69, 9.17) is 19.9 Å². The Morgan fingerprint density at radius 1 is 0.906 bits per heavy atom. The highest BCUT2D eigenvalue weighted by molar-refractivity contribution is 5.92. The van der Waals surface area contributed by atoms with E-state index in [1.807, 2.05) is 41.0 Å². The van der Waals surface area contributed by atoms with E-state index in [0.29, 0.717) is 54.5 Å². The van der Waals surface area contributed by atoms with Crippen molar-refractivity contribution >= 4 is 23.0 Å². The first-order valence-corrected chi connectivity index (χ1v) is 10.2. The van der Waals surface area contributed by atoms with Crippen molar-refractivity contribution < 1.29 is 19.0 Å². The summed E-state index contributed by atoms with van der Waals surface area (Å²) in [5.74, 6) is 1.13. The largest absolute Gasteiger partial charge is 0.490 e. The molecule has 0 aliphatic rings. The van der Waals surface area contributed by atoms with Crippen molar-refractivity contribution in [2.45, 2.75) is 13.0 Å². The molecule has 0 aliphatic heterocycles. The molecule has 0 spiro atoms. The van der Waals surface area contributed by atoms with Crippen molar-refractivity contribution in [3.63, 3.8) is 0 Å². The van der Waals surface area contributed by atoms with Crippen LogP contribution in [-0.2, 0) is 11.3 Å². The zero-order chi connectivity index (χ0) is 22.2. The van der Waals surface area contributed by atoms with Gasteiger partial charge in [-0.05, 0) is 30.7 Å². The van der Waals surface area contributed by atoms with E-state index in [2.05, 4.69) is 15.0 Å². The van der Waals surface area contributed by atoms with Gasteiger partial charge in [-0.3, -0.25) is 0 Å². The summed E-state index contributed by atoms with van der Waals surface area (Å²) in [4.78, 5) is 24.9. The molecule has 0 aliphatic carbocycles. The van der Waals surface area contributed by atoms with E-state index >= 15 is 0 Å². The van der Waals surface area contributed by atoms with E-state index in [-0.39, 0.29) is 6.61 Å². The maximum atomic E-state index is 12.5. The van der Waals surface area contributed by atoms with Crippen molar-refractivity contribution in [3.8, 4) is 11.5 Å². The lowest BCUT2D eigenvalue weighted by atomic mass is 10.2. The van der Waals surface area contributed by atoms with Gasteiger partial charge < -0.3 is 24.5 Å². The van der Waals surface area contributed by atoms with E-state index in [1.165, 1.54) is 6.33 Å². The summed E-state index contributed by atoms with van der Waals surface area (Å²) in [5.41, 5.74) is 7.39. The molecule has 0 saturated heterocycles. The Hall–Kier alpha value is -4.14. The summed E-state index contributed by atoms with van der Waals surface area (Å²) >= 11 is 0. The molecule has 2 heterocycles. The first-order valence-electron chi connectivity index (χ1n) is 10.2. The number of rotatable bonds is 10. The molecule has 2 N–H and O–H groups in total. The average Bonchev–Trinajstić information content (AvgIpc) is 3.25. The van der Waals surface area contributed by atoms with Gasteiger partial charge in [0.25, 0.3) is 0 Å². The van der Waals surface area contributed by atoms with Crippen LogP contribution in [0.2, 0.25) is 0 Å². The van der Waals surface area contributed by atoms with Crippen LogP contribution < -0.4 is 15.2 Å². The second kappa shape index (κ2) is 10.3. The number of hydrogen-bond acceptors (Lipinski definition) is 8. The molecule has 0 unspecified atom stereocenters. The molecule has 4 aromatic rings. The number of benzene rings is 2. The molecule has 164 valence electrons.